The van der Waals surface area contributed by atoms with Gasteiger partial charge < -0.3 is 10.2 Å². The molecule has 5 nitrogen and oxygen atoms in total. The summed E-state index contributed by atoms with van der Waals surface area (Å²) in [7, 11) is 0. The molecule has 3 rings (SSSR count). The summed E-state index contributed by atoms with van der Waals surface area (Å²) >= 11 is 0. The lowest BCUT2D eigenvalue weighted by Gasteiger charge is -2.07. The third kappa shape index (κ3) is 3.14. The molecule has 120 valence electrons. The fraction of sp³-hybridized carbons (Fsp3) is 0.158. The van der Waals surface area contributed by atoms with Crippen LogP contribution in [0.15, 0.2) is 48.5 Å². The second kappa shape index (κ2) is 5.84. The van der Waals surface area contributed by atoms with Crippen LogP contribution < -0.4 is 0 Å². The number of para-hydroxylation sites is 1. The predicted octanol–water partition coefficient (Wildman–Crippen LogP) is 2.85. The third-order valence-electron chi connectivity index (χ3n) is 3.39. The van der Waals surface area contributed by atoms with Crippen LogP contribution in [0.5, 0.6) is 0 Å². The van der Waals surface area contributed by atoms with E-state index in [0.717, 1.165) is 0 Å². The SMILES string of the molecule is CC(C)(O)C#Cc1cccc(-n2nc(C(=O)O)c3ccccc32)c1. The average molecular weight is 320 g/mol. The number of rotatable bonds is 2. The standard InChI is InChI=1S/C19H16N2O3/c1-19(2,24)11-10-13-6-5-7-14(12-13)21-16-9-4-3-8-15(16)17(20-21)18(22)23/h3-9,12,24H,1-2H3,(H,22,23). The molecule has 0 amide bonds. The Morgan fingerprint density at radius 3 is 2.62 bits per heavy atom. The fourth-order valence-corrected chi connectivity index (χ4v) is 2.36. The number of hydrogen-bond donors (Lipinski definition) is 2. The van der Waals surface area contributed by atoms with Crippen molar-refractivity contribution >= 4 is 16.9 Å². The van der Waals surface area contributed by atoms with E-state index >= 15 is 0 Å². The molecule has 5 heteroatoms. The number of aromatic carboxylic acids is 1. The summed E-state index contributed by atoms with van der Waals surface area (Å²) < 4.78 is 1.59. The van der Waals surface area contributed by atoms with Gasteiger partial charge in [0.25, 0.3) is 0 Å². The fourth-order valence-electron chi connectivity index (χ4n) is 2.36. The summed E-state index contributed by atoms with van der Waals surface area (Å²) in [5.41, 5.74) is 1.07. The highest BCUT2D eigenvalue weighted by Gasteiger charge is 2.16. The lowest BCUT2D eigenvalue weighted by molar-refractivity contribution is 0.0692. The Labute approximate surface area is 139 Å². The first-order valence-electron chi connectivity index (χ1n) is 7.42. The molecule has 0 unspecified atom stereocenters. The van der Waals surface area contributed by atoms with Crippen LogP contribution in [0.2, 0.25) is 0 Å². The number of hydrogen-bond acceptors (Lipinski definition) is 3. The van der Waals surface area contributed by atoms with Gasteiger partial charge in [-0.15, -0.1) is 0 Å². The Morgan fingerprint density at radius 2 is 1.92 bits per heavy atom. The van der Waals surface area contributed by atoms with Gasteiger partial charge >= 0.3 is 5.97 Å². The van der Waals surface area contributed by atoms with Crippen LogP contribution in [-0.2, 0) is 0 Å². The number of carbonyl (C=O) groups is 1. The molecule has 2 aromatic carbocycles. The van der Waals surface area contributed by atoms with Gasteiger partial charge in [0.05, 0.1) is 11.2 Å². The maximum absolute atomic E-state index is 11.4. The van der Waals surface area contributed by atoms with Crippen LogP contribution in [0.25, 0.3) is 16.6 Å². The van der Waals surface area contributed by atoms with Gasteiger partial charge in [0, 0.05) is 10.9 Å². The largest absolute Gasteiger partial charge is 0.476 e. The zero-order valence-corrected chi connectivity index (χ0v) is 13.3. The Kier molecular flexibility index (Phi) is 3.84. The van der Waals surface area contributed by atoms with Crippen molar-refractivity contribution < 1.29 is 15.0 Å². The molecule has 1 heterocycles. The van der Waals surface area contributed by atoms with E-state index in [-0.39, 0.29) is 5.69 Å². The van der Waals surface area contributed by atoms with E-state index in [9.17, 15) is 15.0 Å². The van der Waals surface area contributed by atoms with E-state index in [1.165, 1.54) is 0 Å². The second-order valence-electron chi connectivity index (χ2n) is 5.94. The normalized spacial score (nSPS) is 11.1. The summed E-state index contributed by atoms with van der Waals surface area (Å²) in [5, 5.41) is 23.9. The van der Waals surface area contributed by atoms with E-state index in [4.69, 9.17) is 0 Å². The molecule has 1 aromatic heterocycles. The molecule has 0 saturated heterocycles. The Bertz CT molecular complexity index is 985. The van der Waals surface area contributed by atoms with Gasteiger partial charge in [-0.3, -0.25) is 0 Å². The summed E-state index contributed by atoms with van der Waals surface area (Å²) in [6, 6.07) is 14.5. The Balaban J connectivity index is 2.15. The van der Waals surface area contributed by atoms with E-state index in [1.54, 1.807) is 30.7 Å². The number of aliphatic hydroxyl groups is 1. The zero-order chi connectivity index (χ0) is 17.3. The predicted molar refractivity (Wildman–Crippen MR) is 91.2 cm³/mol. The van der Waals surface area contributed by atoms with E-state index < -0.39 is 11.6 Å². The number of carboxylic acids is 1. The van der Waals surface area contributed by atoms with Gasteiger partial charge in [-0.25, -0.2) is 9.48 Å². The maximum Gasteiger partial charge on any atom is 0.357 e. The molecule has 24 heavy (non-hydrogen) atoms. The lowest BCUT2D eigenvalue weighted by atomic mass is 10.1. The number of benzene rings is 2. The smallest absolute Gasteiger partial charge is 0.357 e. The first kappa shape index (κ1) is 15.8. The van der Waals surface area contributed by atoms with E-state index in [0.29, 0.717) is 22.2 Å². The van der Waals surface area contributed by atoms with E-state index in [2.05, 4.69) is 16.9 Å². The zero-order valence-electron chi connectivity index (χ0n) is 13.3. The summed E-state index contributed by atoms with van der Waals surface area (Å²) in [6.45, 7) is 3.23. The van der Waals surface area contributed by atoms with Crippen molar-refractivity contribution in [3.63, 3.8) is 0 Å². The minimum atomic E-state index is -1.08. The van der Waals surface area contributed by atoms with Crippen molar-refractivity contribution in [2.45, 2.75) is 19.4 Å². The van der Waals surface area contributed by atoms with Gasteiger partial charge in [0.2, 0.25) is 0 Å². The van der Waals surface area contributed by atoms with Crippen LogP contribution in [0.1, 0.15) is 29.9 Å². The van der Waals surface area contributed by atoms with Crippen LogP contribution >= 0.6 is 0 Å². The van der Waals surface area contributed by atoms with Gasteiger partial charge in [0.15, 0.2) is 5.69 Å². The van der Waals surface area contributed by atoms with Crippen LogP contribution in [-0.4, -0.2) is 31.6 Å². The quantitative estimate of drug-likeness (QED) is 0.712. The highest BCUT2D eigenvalue weighted by Crippen LogP contribution is 2.22. The molecule has 2 N–H and O–H groups in total. The molecule has 0 atom stereocenters. The van der Waals surface area contributed by atoms with Crippen LogP contribution in [0.3, 0.4) is 0 Å². The Hall–Kier alpha value is -3.10. The monoisotopic (exact) mass is 320 g/mol. The maximum atomic E-state index is 11.4. The average Bonchev–Trinajstić information content (AvgIpc) is 2.92. The van der Waals surface area contributed by atoms with Crippen molar-refractivity contribution in [2.24, 2.45) is 0 Å². The van der Waals surface area contributed by atoms with E-state index in [1.807, 2.05) is 36.4 Å². The summed E-state index contributed by atoms with van der Waals surface area (Å²) in [6.07, 6.45) is 0. The van der Waals surface area contributed by atoms with Gasteiger partial charge in [-0.1, -0.05) is 36.1 Å². The molecule has 0 bridgehead atoms. The molecule has 0 fully saturated rings. The van der Waals surface area contributed by atoms with Gasteiger partial charge in [-0.05, 0) is 38.1 Å². The number of carboxylic acid groups (broad SMARTS) is 1. The van der Waals surface area contributed by atoms with Crippen molar-refractivity contribution in [1.82, 2.24) is 9.78 Å². The minimum absolute atomic E-state index is 0.0126. The molecule has 0 aliphatic rings. The molecule has 0 spiro atoms. The highest BCUT2D eigenvalue weighted by atomic mass is 16.4. The van der Waals surface area contributed by atoms with Crippen LogP contribution in [0.4, 0.5) is 0 Å². The van der Waals surface area contributed by atoms with Gasteiger partial charge in [0.1, 0.15) is 5.60 Å². The highest BCUT2D eigenvalue weighted by molar-refractivity contribution is 6.01. The first-order valence-corrected chi connectivity index (χ1v) is 7.42. The van der Waals surface area contributed by atoms with Crippen molar-refractivity contribution in [3.8, 4) is 17.5 Å². The number of fused-ring (bicyclic) bond motifs is 1. The molecule has 3 aromatic rings. The summed E-state index contributed by atoms with van der Waals surface area (Å²) in [4.78, 5) is 11.4. The first-order chi connectivity index (χ1) is 11.3. The molecular formula is C19H16N2O3. The minimum Gasteiger partial charge on any atom is -0.476 e. The number of aromatic nitrogens is 2. The topological polar surface area (TPSA) is 75.3 Å². The lowest BCUT2D eigenvalue weighted by Crippen LogP contribution is -2.14. The molecule has 0 aliphatic heterocycles. The second-order valence-corrected chi connectivity index (χ2v) is 5.94. The molecule has 0 radical (unpaired) electrons. The molecule has 0 saturated carbocycles. The van der Waals surface area contributed by atoms with Gasteiger partial charge in [-0.2, -0.15) is 5.10 Å². The molecule has 0 aliphatic carbocycles. The van der Waals surface area contributed by atoms with Crippen molar-refractivity contribution in [2.75, 3.05) is 0 Å². The third-order valence-corrected chi connectivity index (χ3v) is 3.39. The number of nitrogens with zero attached hydrogens (tertiary/aromatic N) is 2. The van der Waals surface area contributed by atoms with Crippen molar-refractivity contribution in [3.05, 3.63) is 59.8 Å². The summed E-state index contributed by atoms with van der Waals surface area (Å²) in [5.74, 6) is 4.61. The van der Waals surface area contributed by atoms with Crippen molar-refractivity contribution in [1.29, 1.82) is 0 Å². The molecular weight excluding hydrogens is 304 g/mol. The Morgan fingerprint density at radius 1 is 1.17 bits per heavy atom. The van der Waals surface area contributed by atoms with Crippen LogP contribution in [0, 0.1) is 11.8 Å².